The maximum absolute atomic E-state index is 12.8. The number of fused-ring (bicyclic) bond motifs is 1. The molecule has 0 spiro atoms. The van der Waals surface area contributed by atoms with Gasteiger partial charge in [-0.1, -0.05) is 60.2 Å². The van der Waals surface area contributed by atoms with Crippen LogP contribution in [0.2, 0.25) is 0 Å². The maximum Gasteiger partial charge on any atom is 0.190 e. The van der Waals surface area contributed by atoms with Crippen molar-refractivity contribution < 1.29 is 14.3 Å². The molecule has 0 aliphatic heterocycles. The van der Waals surface area contributed by atoms with Crippen LogP contribution in [0.4, 0.5) is 0 Å². The number of hydrogen-bond acceptors (Lipinski definition) is 3. The lowest BCUT2D eigenvalue weighted by Gasteiger charge is -2.18. The van der Waals surface area contributed by atoms with Crippen molar-refractivity contribution in [2.45, 2.75) is 40.0 Å². The predicted octanol–water partition coefficient (Wildman–Crippen LogP) is 6.52. The largest absolute Gasteiger partial charge is 0.489 e. The molecule has 3 heteroatoms. The average molecular weight is 401 g/mol. The van der Waals surface area contributed by atoms with E-state index >= 15 is 0 Å². The Morgan fingerprint density at radius 3 is 2.17 bits per heavy atom. The number of Topliss-reactive ketones (excluding diaryl/α,β-unsaturated/α-hetero) is 2. The van der Waals surface area contributed by atoms with Crippen LogP contribution in [0.15, 0.2) is 89.0 Å². The predicted molar refractivity (Wildman–Crippen MR) is 121 cm³/mol. The Morgan fingerprint density at radius 1 is 0.833 bits per heavy atom. The van der Waals surface area contributed by atoms with E-state index in [0.717, 1.165) is 18.6 Å². The zero-order valence-corrected chi connectivity index (χ0v) is 17.9. The van der Waals surface area contributed by atoms with Gasteiger partial charge in [0.2, 0.25) is 0 Å². The minimum atomic E-state index is -0.0387. The second-order valence-electron chi connectivity index (χ2n) is 7.75. The van der Waals surface area contributed by atoms with Crippen LogP contribution in [0.3, 0.4) is 0 Å². The highest BCUT2D eigenvalue weighted by molar-refractivity contribution is 6.26. The quantitative estimate of drug-likeness (QED) is 0.474. The second-order valence-corrected chi connectivity index (χ2v) is 7.75. The van der Waals surface area contributed by atoms with Gasteiger partial charge in [-0.15, -0.1) is 0 Å². The standard InChI is InChI=1S/C27H28O3/c1-19(10-9-11-20(2)18-30-22-12-5-4-6-13-22)16-17-23-21(3)26(28)24-14-7-8-15-25(24)27(23)29/h4-8,11-16H,9-10,17-18H2,1-3H3/b19-16+,20-11+. The fourth-order valence-corrected chi connectivity index (χ4v) is 3.49. The molecule has 0 saturated carbocycles. The van der Waals surface area contributed by atoms with Crippen molar-refractivity contribution >= 4 is 11.6 Å². The summed E-state index contributed by atoms with van der Waals surface area (Å²) < 4.78 is 5.76. The van der Waals surface area contributed by atoms with Gasteiger partial charge in [0.25, 0.3) is 0 Å². The highest BCUT2D eigenvalue weighted by atomic mass is 16.5. The van der Waals surface area contributed by atoms with Crippen molar-refractivity contribution in [3.05, 3.63) is 100 Å². The Morgan fingerprint density at radius 2 is 1.47 bits per heavy atom. The summed E-state index contributed by atoms with van der Waals surface area (Å²) in [6.07, 6.45) is 6.59. The summed E-state index contributed by atoms with van der Waals surface area (Å²) in [4.78, 5) is 25.4. The second kappa shape index (κ2) is 10.0. The van der Waals surface area contributed by atoms with Crippen LogP contribution >= 0.6 is 0 Å². The molecule has 2 aromatic carbocycles. The van der Waals surface area contributed by atoms with E-state index in [1.165, 1.54) is 11.1 Å². The molecule has 0 heterocycles. The van der Waals surface area contributed by atoms with Crippen LogP contribution in [-0.4, -0.2) is 18.2 Å². The monoisotopic (exact) mass is 400 g/mol. The smallest absolute Gasteiger partial charge is 0.190 e. The molecule has 3 nitrogen and oxygen atoms in total. The summed E-state index contributed by atoms with van der Waals surface area (Å²) in [6.45, 7) is 6.48. The molecule has 1 aliphatic rings. The van der Waals surface area contributed by atoms with Crippen molar-refractivity contribution in [1.29, 1.82) is 0 Å². The van der Waals surface area contributed by atoms with Crippen LogP contribution in [0.25, 0.3) is 0 Å². The van der Waals surface area contributed by atoms with Gasteiger partial charge in [-0.3, -0.25) is 9.59 Å². The zero-order chi connectivity index (χ0) is 21.5. The molecule has 0 atom stereocenters. The first-order valence-corrected chi connectivity index (χ1v) is 10.3. The lowest BCUT2D eigenvalue weighted by molar-refractivity contribution is 0.0973. The minimum Gasteiger partial charge on any atom is -0.489 e. The van der Waals surface area contributed by atoms with Gasteiger partial charge in [-0.2, -0.15) is 0 Å². The third-order valence-corrected chi connectivity index (χ3v) is 5.38. The van der Waals surface area contributed by atoms with Gasteiger partial charge in [0.1, 0.15) is 12.4 Å². The molecule has 0 saturated heterocycles. The molecular formula is C27H28O3. The van der Waals surface area contributed by atoms with Crippen molar-refractivity contribution in [2.75, 3.05) is 6.61 Å². The Kier molecular flexibility index (Phi) is 7.18. The molecular weight excluding hydrogens is 372 g/mol. The number of ketones is 2. The van der Waals surface area contributed by atoms with Gasteiger partial charge < -0.3 is 4.74 Å². The average Bonchev–Trinajstić information content (AvgIpc) is 2.77. The van der Waals surface area contributed by atoms with E-state index in [0.29, 0.717) is 35.3 Å². The number of carbonyl (C=O) groups excluding carboxylic acids is 2. The van der Waals surface area contributed by atoms with Crippen LogP contribution in [0, 0.1) is 0 Å². The molecule has 0 unspecified atom stereocenters. The SMILES string of the molecule is CC1=C(C/C=C(\C)CC/C=C(\C)COc2ccccc2)C(=O)c2ccccc2C1=O. The molecule has 0 aromatic heterocycles. The summed E-state index contributed by atoms with van der Waals surface area (Å²) in [5, 5.41) is 0. The molecule has 0 fully saturated rings. The minimum absolute atomic E-state index is 0.0273. The Hall–Kier alpha value is -3.20. The van der Waals surface area contributed by atoms with Gasteiger partial charge in [-0.05, 0) is 57.7 Å². The van der Waals surface area contributed by atoms with E-state index in [-0.39, 0.29) is 11.6 Å². The topological polar surface area (TPSA) is 43.4 Å². The van der Waals surface area contributed by atoms with E-state index in [1.807, 2.05) is 30.3 Å². The number of allylic oxidation sites excluding steroid dienone is 5. The van der Waals surface area contributed by atoms with E-state index in [9.17, 15) is 9.59 Å². The normalized spacial score (nSPS) is 14.8. The Balaban J connectivity index is 1.54. The first-order chi connectivity index (χ1) is 14.5. The maximum atomic E-state index is 12.8. The van der Waals surface area contributed by atoms with Crippen molar-refractivity contribution in [2.24, 2.45) is 0 Å². The van der Waals surface area contributed by atoms with Crippen molar-refractivity contribution in [1.82, 2.24) is 0 Å². The summed E-state index contributed by atoms with van der Waals surface area (Å²) in [5.41, 5.74) is 4.61. The first-order valence-electron chi connectivity index (χ1n) is 10.3. The first kappa shape index (κ1) is 21.5. The van der Waals surface area contributed by atoms with Crippen LogP contribution < -0.4 is 4.74 Å². The van der Waals surface area contributed by atoms with Crippen molar-refractivity contribution in [3.63, 3.8) is 0 Å². The van der Waals surface area contributed by atoms with E-state index in [2.05, 4.69) is 26.0 Å². The number of carbonyl (C=O) groups is 2. The molecule has 0 bridgehead atoms. The van der Waals surface area contributed by atoms with Gasteiger partial charge >= 0.3 is 0 Å². The third kappa shape index (κ3) is 5.24. The highest BCUT2D eigenvalue weighted by Gasteiger charge is 2.28. The third-order valence-electron chi connectivity index (χ3n) is 5.38. The van der Waals surface area contributed by atoms with Crippen LogP contribution in [0.5, 0.6) is 5.75 Å². The molecule has 1 aliphatic carbocycles. The summed E-state index contributed by atoms with van der Waals surface area (Å²) in [7, 11) is 0. The van der Waals surface area contributed by atoms with Crippen molar-refractivity contribution in [3.8, 4) is 5.75 Å². The van der Waals surface area contributed by atoms with E-state index in [4.69, 9.17) is 4.74 Å². The summed E-state index contributed by atoms with van der Waals surface area (Å²) in [6, 6.07) is 16.9. The molecule has 0 amide bonds. The molecule has 154 valence electrons. The van der Waals surface area contributed by atoms with Crippen LogP contribution in [0.1, 0.15) is 60.7 Å². The van der Waals surface area contributed by atoms with Gasteiger partial charge in [0.15, 0.2) is 11.6 Å². The molecule has 0 N–H and O–H groups in total. The zero-order valence-electron chi connectivity index (χ0n) is 17.9. The number of hydrogen-bond donors (Lipinski definition) is 0. The van der Waals surface area contributed by atoms with E-state index < -0.39 is 0 Å². The lowest BCUT2D eigenvalue weighted by Crippen LogP contribution is -2.20. The number of rotatable bonds is 8. The number of para-hydroxylation sites is 1. The fourth-order valence-electron chi connectivity index (χ4n) is 3.49. The highest BCUT2D eigenvalue weighted by Crippen LogP contribution is 2.28. The number of benzene rings is 2. The molecule has 0 radical (unpaired) electrons. The van der Waals surface area contributed by atoms with Gasteiger partial charge in [0, 0.05) is 22.3 Å². The molecule has 2 aromatic rings. The molecule has 3 rings (SSSR count). The summed E-state index contributed by atoms with van der Waals surface area (Å²) >= 11 is 0. The lowest BCUT2D eigenvalue weighted by atomic mass is 9.83. The Bertz CT molecular complexity index is 1020. The number of ether oxygens (including phenoxy) is 1. The summed E-state index contributed by atoms with van der Waals surface area (Å²) in [5.74, 6) is 0.807. The van der Waals surface area contributed by atoms with Crippen LogP contribution in [-0.2, 0) is 0 Å². The van der Waals surface area contributed by atoms with E-state index in [1.54, 1.807) is 31.2 Å². The molecule has 30 heavy (non-hydrogen) atoms. The van der Waals surface area contributed by atoms with Gasteiger partial charge in [-0.25, -0.2) is 0 Å². The fraction of sp³-hybridized carbons (Fsp3) is 0.259. The van der Waals surface area contributed by atoms with Gasteiger partial charge in [0.05, 0.1) is 0 Å². The Labute approximate surface area is 178 Å².